The average molecular weight is 268 g/mol. The van der Waals surface area contributed by atoms with E-state index in [1.165, 1.54) is 26.4 Å². The van der Waals surface area contributed by atoms with E-state index in [-0.39, 0.29) is 11.5 Å². The minimum atomic E-state index is -0.384. The number of carbonyl (C=O) groups is 1. The number of methoxy groups -OCH3 is 1. The lowest BCUT2D eigenvalue weighted by Crippen LogP contribution is -2.57. The highest BCUT2D eigenvalue weighted by Crippen LogP contribution is 2.51. The predicted molar refractivity (Wildman–Crippen MR) is 76.0 cm³/mol. The summed E-state index contributed by atoms with van der Waals surface area (Å²) in [4.78, 5) is 14.6. The van der Waals surface area contributed by atoms with Crippen LogP contribution in [0.15, 0.2) is 0 Å². The zero-order chi connectivity index (χ0) is 13.9. The number of ether oxygens (including phenoxy) is 1. The highest BCUT2D eigenvalue weighted by molar-refractivity contribution is 5.82. The van der Waals surface area contributed by atoms with Crippen LogP contribution < -0.4 is 5.32 Å². The van der Waals surface area contributed by atoms with E-state index in [1.807, 2.05) is 0 Å². The van der Waals surface area contributed by atoms with Crippen molar-refractivity contribution < 1.29 is 9.53 Å². The van der Waals surface area contributed by atoms with Crippen molar-refractivity contribution in [3.63, 3.8) is 0 Å². The first-order valence-electron chi connectivity index (χ1n) is 7.72. The second-order valence-corrected chi connectivity index (χ2v) is 6.00. The molecule has 0 aliphatic heterocycles. The predicted octanol–water partition coefficient (Wildman–Crippen LogP) is 1.65. The minimum absolute atomic E-state index is 0.0424. The molecule has 2 saturated carbocycles. The van der Waals surface area contributed by atoms with Gasteiger partial charge in [0, 0.05) is 13.1 Å². The van der Waals surface area contributed by atoms with Gasteiger partial charge in [0.25, 0.3) is 0 Å². The minimum Gasteiger partial charge on any atom is -0.468 e. The molecule has 2 aliphatic carbocycles. The normalized spacial score (nSPS) is 33.1. The van der Waals surface area contributed by atoms with E-state index in [0.717, 1.165) is 38.5 Å². The number of nitrogens with zero attached hydrogens (tertiary/aromatic N) is 1. The van der Waals surface area contributed by atoms with Crippen molar-refractivity contribution in [1.29, 1.82) is 0 Å². The molecule has 0 aromatic heterocycles. The number of esters is 1. The Hall–Kier alpha value is -0.610. The number of nitrogens with one attached hydrogen (secondary N) is 1. The van der Waals surface area contributed by atoms with Crippen LogP contribution in [0, 0.1) is 11.8 Å². The highest BCUT2D eigenvalue weighted by Gasteiger charge is 2.56. The maximum Gasteiger partial charge on any atom is 0.326 e. The number of carbonyl (C=O) groups excluding carboxylic acids is 1. The van der Waals surface area contributed by atoms with Crippen LogP contribution in [0.5, 0.6) is 0 Å². The molecule has 2 fully saturated rings. The summed E-state index contributed by atoms with van der Waals surface area (Å²) in [5, 5.41) is 3.56. The number of rotatable bonds is 7. The van der Waals surface area contributed by atoms with Crippen LogP contribution >= 0.6 is 0 Å². The van der Waals surface area contributed by atoms with Gasteiger partial charge in [-0.25, -0.2) is 0 Å². The summed E-state index contributed by atoms with van der Waals surface area (Å²) in [7, 11) is 1.52. The van der Waals surface area contributed by atoms with Gasteiger partial charge in [-0.05, 0) is 44.2 Å². The fourth-order valence-electron chi connectivity index (χ4n) is 4.03. The van der Waals surface area contributed by atoms with Gasteiger partial charge in [-0.1, -0.05) is 20.3 Å². The molecule has 0 spiro atoms. The van der Waals surface area contributed by atoms with Crippen LogP contribution in [0.2, 0.25) is 0 Å². The lowest BCUT2D eigenvalue weighted by molar-refractivity contribution is -0.151. The van der Waals surface area contributed by atoms with Gasteiger partial charge in [0.1, 0.15) is 5.54 Å². The standard InChI is InChI=1S/C15H28N2O2/c1-4-17(5-2)9-8-16-15(14(18)19-3)11-12-6-7-13(15)10-12/h12-13,16H,4-11H2,1-3H3. The quantitative estimate of drug-likeness (QED) is 0.713. The molecule has 0 aromatic carbocycles. The molecule has 110 valence electrons. The van der Waals surface area contributed by atoms with Crippen LogP contribution in [-0.4, -0.2) is 49.7 Å². The van der Waals surface area contributed by atoms with Gasteiger partial charge >= 0.3 is 5.97 Å². The van der Waals surface area contributed by atoms with Gasteiger partial charge in [0.15, 0.2) is 0 Å². The number of fused-ring (bicyclic) bond motifs is 2. The van der Waals surface area contributed by atoms with E-state index in [4.69, 9.17) is 4.74 Å². The summed E-state index contributed by atoms with van der Waals surface area (Å²) in [6, 6.07) is 0. The molecule has 0 aromatic rings. The molecule has 2 bridgehead atoms. The maximum absolute atomic E-state index is 12.2. The smallest absolute Gasteiger partial charge is 0.326 e. The molecular weight excluding hydrogens is 240 g/mol. The summed E-state index contributed by atoms with van der Waals surface area (Å²) in [6.45, 7) is 8.36. The van der Waals surface area contributed by atoms with Crippen LogP contribution in [0.25, 0.3) is 0 Å². The summed E-state index contributed by atoms with van der Waals surface area (Å²) >= 11 is 0. The van der Waals surface area contributed by atoms with Crippen molar-refractivity contribution in [2.75, 3.05) is 33.3 Å². The van der Waals surface area contributed by atoms with E-state index >= 15 is 0 Å². The molecule has 2 aliphatic rings. The Kier molecular flexibility index (Phi) is 4.85. The van der Waals surface area contributed by atoms with Gasteiger partial charge in [-0.2, -0.15) is 0 Å². The Morgan fingerprint density at radius 2 is 2.11 bits per heavy atom. The lowest BCUT2D eigenvalue weighted by Gasteiger charge is -2.36. The first-order valence-corrected chi connectivity index (χ1v) is 7.72. The molecule has 0 heterocycles. The van der Waals surface area contributed by atoms with Crippen LogP contribution in [0.1, 0.15) is 39.5 Å². The van der Waals surface area contributed by atoms with Crippen molar-refractivity contribution >= 4 is 5.97 Å². The number of likely N-dealkylation sites (N-methyl/N-ethyl adjacent to an activating group) is 1. The third-order valence-electron chi connectivity index (χ3n) is 5.16. The van der Waals surface area contributed by atoms with E-state index in [1.54, 1.807) is 0 Å². The van der Waals surface area contributed by atoms with Gasteiger partial charge in [0.05, 0.1) is 7.11 Å². The summed E-state index contributed by atoms with van der Waals surface area (Å²) in [5.74, 6) is 1.17. The Morgan fingerprint density at radius 3 is 2.58 bits per heavy atom. The summed E-state index contributed by atoms with van der Waals surface area (Å²) in [5.41, 5.74) is -0.384. The maximum atomic E-state index is 12.2. The first kappa shape index (κ1) is 14.8. The molecule has 0 amide bonds. The third-order valence-corrected chi connectivity index (χ3v) is 5.16. The van der Waals surface area contributed by atoms with E-state index in [2.05, 4.69) is 24.1 Å². The van der Waals surface area contributed by atoms with Gasteiger partial charge < -0.3 is 15.0 Å². The zero-order valence-electron chi connectivity index (χ0n) is 12.6. The van der Waals surface area contributed by atoms with Gasteiger partial charge in [0.2, 0.25) is 0 Å². The lowest BCUT2D eigenvalue weighted by atomic mass is 9.81. The van der Waals surface area contributed by atoms with Crippen LogP contribution in [0.4, 0.5) is 0 Å². The Morgan fingerprint density at radius 1 is 1.37 bits per heavy atom. The molecule has 19 heavy (non-hydrogen) atoms. The first-order chi connectivity index (χ1) is 9.16. The largest absolute Gasteiger partial charge is 0.468 e. The van der Waals surface area contributed by atoms with Crippen LogP contribution in [0.3, 0.4) is 0 Å². The molecule has 4 heteroatoms. The molecule has 2 rings (SSSR count). The molecule has 4 nitrogen and oxygen atoms in total. The molecule has 0 saturated heterocycles. The monoisotopic (exact) mass is 268 g/mol. The fraction of sp³-hybridized carbons (Fsp3) is 0.933. The third kappa shape index (κ3) is 2.79. The molecular formula is C15H28N2O2. The van der Waals surface area contributed by atoms with E-state index in [9.17, 15) is 4.79 Å². The Balaban J connectivity index is 1.94. The second kappa shape index (κ2) is 6.23. The average Bonchev–Trinajstić information content (AvgIpc) is 3.04. The summed E-state index contributed by atoms with van der Waals surface area (Å²) in [6.07, 6.45) is 4.65. The van der Waals surface area contributed by atoms with E-state index in [0.29, 0.717) is 5.92 Å². The molecule has 1 N–H and O–H groups in total. The van der Waals surface area contributed by atoms with Gasteiger partial charge in [-0.15, -0.1) is 0 Å². The van der Waals surface area contributed by atoms with Gasteiger partial charge in [-0.3, -0.25) is 4.79 Å². The zero-order valence-corrected chi connectivity index (χ0v) is 12.6. The summed E-state index contributed by atoms with van der Waals surface area (Å²) < 4.78 is 5.09. The van der Waals surface area contributed by atoms with Crippen LogP contribution in [-0.2, 0) is 9.53 Å². The van der Waals surface area contributed by atoms with Crippen molar-refractivity contribution in [1.82, 2.24) is 10.2 Å². The van der Waals surface area contributed by atoms with Crippen molar-refractivity contribution in [2.24, 2.45) is 11.8 Å². The van der Waals surface area contributed by atoms with Crippen molar-refractivity contribution in [3.05, 3.63) is 0 Å². The number of hydrogen-bond acceptors (Lipinski definition) is 4. The Labute approximate surface area is 116 Å². The Bertz CT molecular complexity index is 317. The van der Waals surface area contributed by atoms with E-state index < -0.39 is 0 Å². The second-order valence-electron chi connectivity index (χ2n) is 6.00. The SMILES string of the molecule is CCN(CC)CCNC1(C(=O)OC)CC2CCC1C2. The van der Waals surface area contributed by atoms with Crippen molar-refractivity contribution in [2.45, 2.75) is 45.1 Å². The molecule has 0 radical (unpaired) electrons. The fourth-order valence-corrected chi connectivity index (χ4v) is 4.03. The molecule has 3 unspecified atom stereocenters. The highest BCUT2D eigenvalue weighted by atomic mass is 16.5. The van der Waals surface area contributed by atoms with Crippen molar-refractivity contribution in [3.8, 4) is 0 Å². The number of hydrogen-bond donors (Lipinski definition) is 1. The molecule has 3 atom stereocenters. The topological polar surface area (TPSA) is 41.6 Å².